The lowest BCUT2D eigenvalue weighted by Gasteiger charge is -2.38. The third-order valence-electron chi connectivity index (χ3n) is 7.08. The van der Waals surface area contributed by atoms with E-state index in [4.69, 9.17) is 11.1 Å². The van der Waals surface area contributed by atoms with Crippen molar-refractivity contribution in [2.75, 3.05) is 13.1 Å². The van der Waals surface area contributed by atoms with Crippen molar-refractivity contribution in [1.29, 1.82) is 5.41 Å². The number of carboxylic acid groups (broad SMARTS) is 1. The summed E-state index contributed by atoms with van der Waals surface area (Å²) in [4.78, 5) is 52.6. The summed E-state index contributed by atoms with van der Waals surface area (Å²) in [6, 6.07) is 20.5. The van der Waals surface area contributed by atoms with Crippen molar-refractivity contribution in [3.63, 3.8) is 0 Å². The zero-order chi connectivity index (χ0) is 28.2. The predicted molar refractivity (Wildman–Crippen MR) is 147 cm³/mol. The predicted octanol–water partition coefficient (Wildman–Crippen LogP) is 2.69. The second kappa shape index (κ2) is 11.3. The maximum Gasteiger partial charge on any atom is 0.340 e. The van der Waals surface area contributed by atoms with E-state index in [0.717, 1.165) is 11.1 Å². The molecule has 0 saturated carbocycles. The number of nitrogens with one attached hydrogen (secondary N) is 2. The van der Waals surface area contributed by atoms with E-state index in [2.05, 4.69) is 5.43 Å². The Balaban J connectivity index is 1.87. The summed E-state index contributed by atoms with van der Waals surface area (Å²) in [5, 5.41) is 17.4. The number of hydrogen-bond donors (Lipinski definition) is 4. The first kappa shape index (κ1) is 27.2. The van der Waals surface area contributed by atoms with Crippen molar-refractivity contribution in [3.8, 4) is 11.1 Å². The molecule has 10 nitrogen and oxygen atoms in total. The van der Waals surface area contributed by atoms with Crippen molar-refractivity contribution in [3.05, 3.63) is 89.5 Å². The van der Waals surface area contributed by atoms with Crippen LogP contribution in [0.5, 0.6) is 0 Å². The van der Waals surface area contributed by atoms with Gasteiger partial charge >= 0.3 is 11.9 Å². The summed E-state index contributed by atoms with van der Waals surface area (Å²) in [6.45, 7) is 1.50. The van der Waals surface area contributed by atoms with Gasteiger partial charge in [0, 0.05) is 18.2 Å². The molecule has 0 aliphatic carbocycles. The Morgan fingerprint density at radius 2 is 1.77 bits per heavy atom. The fourth-order valence-electron chi connectivity index (χ4n) is 5.14. The molecular weight excluding hydrogens is 498 g/mol. The minimum absolute atomic E-state index is 0.0598. The molecule has 0 saturated heterocycles. The van der Waals surface area contributed by atoms with E-state index in [0.29, 0.717) is 24.0 Å². The first-order valence-corrected chi connectivity index (χ1v) is 12.4. The van der Waals surface area contributed by atoms with E-state index in [1.807, 2.05) is 30.3 Å². The summed E-state index contributed by atoms with van der Waals surface area (Å²) < 4.78 is -0.803. The number of nitrogens with zero attached hydrogens (tertiary/aromatic N) is 2. The molecule has 0 bridgehead atoms. The van der Waals surface area contributed by atoms with Crippen LogP contribution in [-0.4, -0.2) is 59.2 Å². The van der Waals surface area contributed by atoms with Gasteiger partial charge in [0.25, 0.3) is 12.3 Å². The summed E-state index contributed by atoms with van der Waals surface area (Å²) in [5.41, 5.74) is 11.5. The van der Waals surface area contributed by atoms with Gasteiger partial charge in [-0.2, -0.15) is 5.43 Å². The molecule has 0 fully saturated rings. The molecule has 0 aromatic heterocycles. The van der Waals surface area contributed by atoms with Crippen molar-refractivity contribution in [2.24, 2.45) is 5.73 Å². The average molecular weight is 529 g/mol. The molecule has 2 atom stereocenters. The molecule has 39 heavy (non-hydrogen) atoms. The van der Waals surface area contributed by atoms with Crippen molar-refractivity contribution in [1.82, 2.24) is 14.9 Å². The topological polar surface area (TPSA) is 154 Å². The summed E-state index contributed by atoms with van der Waals surface area (Å²) in [6.07, 6.45) is 0.427. The molecule has 5 N–H and O–H groups in total. The Morgan fingerprint density at radius 3 is 2.36 bits per heavy atom. The fourth-order valence-corrected chi connectivity index (χ4v) is 5.14. The SMILES string of the molecule is CC(=O)[N+]1(NC=O)c2ccc(-c3ccc(C(=N)N)cc3)cc2C(=O)N(CCc2ccccc2)CC1CC(=O)O. The Bertz CT molecular complexity index is 1420. The van der Waals surface area contributed by atoms with Gasteiger partial charge in [-0.1, -0.05) is 54.6 Å². The molecule has 1 aliphatic heterocycles. The fraction of sp³-hybridized carbons (Fsp3) is 0.207. The molecule has 200 valence electrons. The second-order valence-corrected chi connectivity index (χ2v) is 9.45. The van der Waals surface area contributed by atoms with E-state index < -0.39 is 28.9 Å². The Kier molecular flexibility index (Phi) is 7.87. The van der Waals surface area contributed by atoms with E-state index >= 15 is 0 Å². The molecule has 1 aliphatic rings. The van der Waals surface area contributed by atoms with Crippen molar-refractivity contribution in [2.45, 2.75) is 25.8 Å². The first-order valence-electron chi connectivity index (χ1n) is 12.4. The van der Waals surface area contributed by atoms with Crippen molar-refractivity contribution >= 4 is 35.7 Å². The quantitative estimate of drug-likeness (QED) is 0.145. The number of carboxylic acids is 1. The van der Waals surface area contributed by atoms with Crippen LogP contribution in [0.1, 0.15) is 34.8 Å². The van der Waals surface area contributed by atoms with E-state index in [9.17, 15) is 24.3 Å². The highest BCUT2D eigenvalue weighted by atomic mass is 16.4. The number of amidine groups is 1. The number of amides is 3. The van der Waals surface area contributed by atoms with Gasteiger partial charge in [-0.3, -0.25) is 19.8 Å². The molecule has 0 spiro atoms. The highest BCUT2D eigenvalue weighted by molar-refractivity contribution is 6.05. The lowest BCUT2D eigenvalue weighted by Crippen LogP contribution is -2.69. The first-order chi connectivity index (χ1) is 18.7. The molecule has 1 heterocycles. The van der Waals surface area contributed by atoms with Gasteiger partial charge in [0.05, 0.1) is 13.5 Å². The van der Waals surface area contributed by atoms with Gasteiger partial charge in [-0.15, -0.1) is 4.59 Å². The van der Waals surface area contributed by atoms with Crippen LogP contribution >= 0.6 is 0 Å². The lowest BCUT2D eigenvalue weighted by atomic mass is 9.98. The normalized spacial score (nSPS) is 18.5. The minimum Gasteiger partial charge on any atom is -0.481 e. The third-order valence-corrected chi connectivity index (χ3v) is 7.08. The smallest absolute Gasteiger partial charge is 0.340 e. The summed E-state index contributed by atoms with van der Waals surface area (Å²) >= 11 is 0. The zero-order valence-electron chi connectivity index (χ0n) is 21.5. The average Bonchev–Trinajstić information content (AvgIpc) is 3.01. The molecule has 0 radical (unpaired) electrons. The molecule has 3 aromatic rings. The molecule has 10 heteroatoms. The van der Waals surface area contributed by atoms with Gasteiger partial charge < -0.3 is 15.7 Å². The Hall–Kier alpha value is -4.83. The zero-order valence-corrected chi connectivity index (χ0v) is 21.5. The maximum atomic E-state index is 14.0. The van der Waals surface area contributed by atoms with Gasteiger partial charge in [0.2, 0.25) is 0 Å². The number of hydrogen-bond acceptors (Lipinski definition) is 5. The van der Waals surface area contributed by atoms with E-state index in [1.54, 1.807) is 47.4 Å². The molecule has 3 amide bonds. The monoisotopic (exact) mass is 528 g/mol. The van der Waals surface area contributed by atoms with Crippen LogP contribution in [0.3, 0.4) is 0 Å². The van der Waals surface area contributed by atoms with E-state index in [1.165, 1.54) is 6.92 Å². The minimum atomic E-state index is -1.16. The van der Waals surface area contributed by atoms with Crippen LogP contribution in [0.4, 0.5) is 5.69 Å². The largest absolute Gasteiger partial charge is 0.481 e. The van der Waals surface area contributed by atoms with Crippen LogP contribution in [0.25, 0.3) is 11.1 Å². The number of carbonyl (C=O) groups excluding carboxylic acids is 3. The number of quaternary nitrogens is 1. The number of benzene rings is 3. The van der Waals surface area contributed by atoms with Crippen LogP contribution in [0, 0.1) is 5.41 Å². The van der Waals surface area contributed by atoms with E-state index in [-0.39, 0.29) is 36.1 Å². The number of nitrogens with two attached hydrogens (primary N) is 1. The highest BCUT2D eigenvalue weighted by Crippen LogP contribution is 2.37. The van der Waals surface area contributed by atoms with Crippen LogP contribution < -0.4 is 15.8 Å². The number of aliphatic carboxylic acids is 1. The third kappa shape index (κ3) is 5.41. The van der Waals surface area contributed by atoms with Crippen LogP contribution in [0.15, 0.2) is 72.8 Å². The maximum absolute atomic E-state index is 14.0. The molecule has 3 aromatic carbocycles. The second-order valence-electron chi connectivity index (χ2n) is 9.45. The molecule has 2 unspecified atom stereocenters. The summed E-state index contributed by atoms with van der Waals surface area (Å²) in [7, 11) is 0. The number of fused-ring (bicyclic) bond motifs is 1. The lowest BCUT2D eigenvalue weighted by molar-refractivity contribution is -0.143. The number of nitrogen functional groups attached to an aromatic ring is 1. The van der Waals surface area contributed by atoms with Gasteiger partial charge in [-0.25, -0.2) is 4.79 Å². The standard InChI is InChI=1S/C29H29N5O5/c1-19(36)34(32-18-35)24(16-27(37)38)17-33(14-13-20-5-3-2-4-6-20)29(39)25-15-23(11-12-26(25)34)21-7-9-22(10-8-21)28(30)31/h2-12,15,18,24H,13-14,16-17H2,1H3,(H4-,30,31,32,35,37,38)/p+1. The Labute approximate surface area is 225 Å². The summed E-state index contributed by atoms with van der Waals surface area (Å²) in [5.74, 6) is -2.11. The molecular formula is C29H30N5O5+. The highest BCUT2D eigenvalue weighted by Gasteiger charge is 2.52. The van der Waals surface area contributed by atoms with Gasteiger partial charge in [0.1, 0.15) is 17.8 Å². The van der Waals surface area contributed by atoms with Gasteiger partial charge in [-0.05, 0) is 35.2 Å². The number of carbonyl (C=O) groups is 4. The van der Waals surface area contributed by atoms with Crippen LogP contribution in [-0.2, 0) is 20.8 Å². The number of rotatable bonds is 9. The molecule has 4 rings (SSSR count). The van der Waals surface area contributed by atoms with Crippen molar-refractivity contribution < 1.29 is 24.3 Å². The van der Waals surface area contributed by atoms with Gasteiger partial charge in [0.15, 0.2) is 11.7 Å². The van der Waals surface area contributed by atoms with Crippen LogP contribution in [0.2, 0.25) is 0 Å². The Morgan fingerprint density at radius 1 is 1.10 bits per heavy atom.